The lowest BCUT2D eigenvalue weighted by atomic mass is 10.0. The summed E-state index contributed by atoms with van der Waals surface area (Å²) in [4.78, 5) is 4.71. The molecule has 4 aromatic rings. The minimum Gasteiger partial charge on any atom is -0.504 e. The predicted octanol–water partition coefficient (Wildman–Crippen LogP) is 4.95. The summed E-state index contributed by atoms with van der Waals surface area (Å²) in [5.74, 6) is 2.45. The monoisotopic (exact) mass is 432 g/mol. The zero-order valence-electron chi connectivity index (χ0n) is 18.3. The van der Waals surface area contributed by atoms with E-state index < -0.39 is 0 Å². The molecule has 7 nitrogen and oxygen atoms in total. The van der Waals surface area contributed by atoms with Crippen LogP contribution in [0.3, 0.4) is 0 Å². The van der Waals surface area contributed by atoms with Gasteiger partial charge in [-0.05, 0) is 60.7 Å². The van der Waals surface area contributed by atoms with Gasteiger partial charge in [0.1, 0.15) is 12.1 Å². The smallest absolute Gasteiger partial charge is 0.161 e. The van der Waals surface area contributed by atoms with Gasteiger partial charge in [0, 0.05) is 16.8 Å². The van der Waals surface area contributed by atoms with Crippen LogP contribution in [0.4, 0.5) is 0 Å². The van der Waals surface area contributed by atoms with Gasteiger partial charge >= 0.3 is 0 Å². The van der Waals surface area contributed by atoms with Crippen molar-refractivity contribution < 1.29 is 24.1 Å². The highest BCUT2D eigenvalue weighted by Crippen LogP contribution is 2.40. The van der Waals surface area contributed by atoms with E-state index in [9.17, 15) is 5.11 Å². The molecule has 0 spiro atoms. The molecule has 0 unspecified atom stereocenters. The van der Waals surface area contributed by atoms with Crippen molar-refractivity contribution >= 4 is 0 Å². The molecule has 1 N–H and O–H groups in total. The molecule has 0 amide bonds. The van der Waals surface area contributed by atoms with Crippen LogP contribution in [-0.4, -0.2) is 43.1 Å². The second kappa shape index (κ2) is 8.93. The highest BCUT2D eigenvalue weighted by molar-refractivity contribution is 5.82. The number of benzene rings is 3. The first-order chi connectivity index (χ1) is 15.6. The van der Waals surface area contributed by atoms with Crippen molar-refractivity contribution in [3.05, 3.63) is 67.0 Å². The number of hydrogen-bond acceptors (Lipinski definition) is 6. The molecule has 0 aliphatic rings. The molecule has 0 bridgehead atoms. The number of methoxy groups -OCH3 is 4. The van der Waals surface area contributed by atoms with E-state index in [1.54, 1.807) is 39.8 Å². The van der Waals surface area contributed by atoms with Crippen LogP contribution in [-0.2, 0) is 0 Å². The van der Waals surface area contributed by atoms with E-state index in [4.69, 9.17) is 23.9 Å². The fourth-order valence-corrected chi connectivity index (χ4v) is 3.59. The topological polar surface area (TPSA) is 75.0 Å². The average Bonchev–Trinajstić information content (AvgIpc) is 3.28. The van der Waals surface area contributed by atoms with E-state index in [1.807, 2.05) is 53.1 Å². The summed E-state index contributed by atoms with van der Waals surface area (Å²) < 4.78 is 23.3. The second-order valence-electron chi connectivity index (χ2n) is 6.97. The van der Waals surface area contributed by atoms with Gasteiger partial charge in [-0.1, -0.05) is 0 Å². The number of phenols is 1. The summed E-state index contributed by atoms with van der Waals surface area (Å²) in [7, 11) is 6.35. The minimum absolute atomic E-state index is 0.0470. The minimum atomic E-state index is 0.0470. The average molecular weight is 432 g/mol. The van der Waals surface area contributed by atoms with E-state index in [1.165, 1.54) is 7.11 Å². The molecule has 32 heavy (non-hydrogen) atoms. The molecule has 0 aliphatic heterocycles. The van der Waals surface area contributed by atoms with Gasteiger partial charge < -0.3 is 24.1 Å². The highest BCUT2D eigenvalue weighted by Gasteiger charge is 2.19. The molecular formula is C25H24N2O5. The molecule has 0 atom stereocenters. The van der Waals surface area contributed by atoms with Crippen LogP contribution in [0.25, 0.3) is 28.2 Å². The first-order valence-electron chi connectivity index (χ1n) is 9.91. The van der Waals surface area contributed by atoms with Crippen molar-refractivity contribution in [1.29, 1.82) is 0 Å². The normalized spacial score (nSPS) is 10.6. The van der Waals surface area contributed by atoms with Gasteiger partial charge in [-0.2, -0.15) is 0 Å². The van der Waals surface area contributed by atoms with Crippen LogP contribution >= 0.6 is 0 Å². The molecule has 0 fully saturated rings. The van der Waals surface area contributed by atoms with Crippen LogP contribution < -0.4 is 18.9 Å². The lowest BCUT2D eigenvalue weighted by molar-refractivity contribution is 0.355. The maximum Gasteiger partial charge on any atom is 0.161 e. The number of hydrogen-bond donors (Lipinski definition) is 1. The van der Waals surface area contributed by atoms with E-state index in [-0.39, 0.29) is 5.75 Å². The molecule has 3 aromatic carbocycles. The lowest BCUT2D eigenvalue weighted by Gasteiger charge is -2.14. The van der Waals surface area contributed by atoms with E-state index in [0.29, 0.717) is 17.2 Å². The summed E-state index contributed by atoms with van der Waals surface area (Å²) in [5, 5.41) is 10.4. The number of imidazole rings is 1. The van der Waals surface area contributed by atoms with E-state index in [0.717, 1.165) is 34.0 Å². The molecule has 164 valence electrons. The molecule has 7 heteroatoms. The SMILES string of the molecule is COc1ccc(-n2cnc(-c3ccc(OC)c(OC)c3)c2-c2ccc(OC)c(O)c2)cc1. The Balaban J connectivity index is 1.93. The zero-order valence-corrected chi connectivity index (χ0v) is 18.3. The molecule has 0 saturated heterocycles. The number of aromatic hydroxyl groups is 1. The van der Waals surface area contributed by atoms with Gasteiger partial charge in [0.2, 0.25) is 0 Å². The number of phenolic OH excluding ortho intramolecular Hbond substituents is 1. The zero-order chi connectivity index (χ0) is 22.7. The van der Waals surface area contributed by atoms with Crippen LogP contribution in [0.2, 0.25) is 0 Å². The first kappa shape index (κ1) is 21.1. The lowest BCUT2D eigenvalue weighted by Crippen LogP contribution is -1.97. The van der Waals surface area contributed by atoms with Crippen molar-refractivity contribution in [3.63, 3.8) is 0 Å². The van der Waals surface area contributed by atoms with Gasteiger partial charge in [-0.15, -0.1) is 0 Å². The standard InChI is InChI=1S/C25H24N2O5/c1-29-19-9-7-18(8-10-19)27-15-26-24(16-5-12-22(31-3)23(14-16)32-4)25(27)17-6-11-21(30-2)20(28)13-17/h5-15,28H,1-4H3. The number of rotatable bonds is 7. The van der Waals surface area contributed by atoms with Gasteiger partial charge in [0.15, 0.2) is 23.0 Å². The molecule has 1 heterocycles. The molecule has 0 radical (unpaired) electrons. The Labute approximate surface area is 186 Å². The maximum absolute atomic E-state index is 10.4. The Morgan fingerprint density at radius 2 is 1.34 bits per heavy atom. The summed E-state index contributed by atoms with van der Waals surface area (Å²) in [6.45, 7) is 0. The predicted molar refractivity (Wildman–Crippen MR) is 122 cm³/mol. The molecule has 1 aromatic heterocycles. The Morgan fingerprint density at radius 3 is 1.97 bits per heavy atom. The van der Waals surface area contributed by atoms with E-state index in [2.05, 4.69) is 0 Å². The Bertz CT molecular complexity index is 1230. The third-order valence-electron chi connectivity index (χ3n) is 5.23. The summed E-state index contributed by atoms with van der Waals surface area (Å²) in [5.41, 5.74) is 4.06. The van der Waals surface area contributed by atoms with Gasteiger partial charge in [-0.25, -0.2) is 4.98 Å². The van der Waals surface area contributed by atoms with Crippen molar-refractivity contribution in [2.24, 2.45) is 0 Å². The van der Waals surface area contributed by atoms with Crippen LogP contribution in [0.5, 0.6) is 28.7 Å². The summed E-state index contributed by atoms with van der Waals surface area (Å²) in [6.07, 6.45) is 1.75. The number of nitrogens with zero attached hydrogens (tertiary/aromatic N) is 2. The van der Waals surface area contributed by atoms with Gasteiger partial charge in [0.25, 0.3) is 0 Å². The van der Waals surface area contributed by atoms with E-state index >= 15 is 0 Å². The summed E-state index contributed by atoms with van der Waals surface area (Å²) in [6, 6.07) is 18.6. The second-order valence-corrected chi connectivity index (χ2v) is 6.97. The first-order valence-corrected chi connectivity index (χ1v) is 9.91. The Hall–Kier alpha value is -4.13. The van der Waals surface area contributed by atoms with Gasteiger partial charge in [0.05, 0.1) is 39.8 Å². The number of ether oxygens (including phenoxy) is 4. The van der Waals surface area contributed by atoms with Crippen molar-refractivity contribution in [3.8, 4) is 56.9 Å². The summed E-state index contributed by atoms with van der Waals surface area (Å²) >= 11 is 0. The fourth-order valence-electron chi connectivity index (χ4n) is 3.59. The molecular weight excluding hydrogens is 408 g/mol. The maximum atomic E-state index is 10.4. The van der Waals surface area contributed by atoms with Crippen molar-refractivity contribution in [2.45, 2.75) is 0 Å². The fraction of sp³-hybridized carbons (Fsp3) is 0.160. The number of aromatic nitrogens is 2. The Morgan fingerprint density at radius 1 is 0.688 bits per heavy atom. The van der Waals surface area contributed by atoms with Crippen LogP contribution in [0, 0.1) is 0 Å². The molecule has 4 rings (SSSR count). The van der Waals surface area contributed by atoms with Crippen molar-refractivity contribution in [2.75, 3.05) is 28.4 Å². The third kappa shape index (κ3) is 3.80. The third-order valence-corrected chi connectivity index (χ3v) is 5.23. The van der Waals surface area contributed by atoms with Crippen molar-refractivity contribution in [1.82, 2.24) is 9.55 Å². The van der Waals surface area contributed by atoms with Crippen LogP contribution in [0.15, 0.2) is 67.0 Å². The largest absolute Gasteiger partial charge is 0.504 e. The van der Waals surface area contributed by atoms with Crippen LogP contribution in [0.1, 0.15) is 0 Å². The highest BCUT2D eigenvalue weighted by atomic mass is 16.5. The van der Waals surface area contributed by atoms with Gasteiger partial charge in [-0.3, -0.25) is 4.57 Å². The Kier molecular flexibility index (Phi) is 5.89. The molecule has 0 saturated carbocycles. The quantitative estimate of drug-likeness (QED) is 0.446. The molecule has 0 aliphatic carbocycles.